The first-order chi connectivity index (χ1) is 8.47. The lowest BCUT2D eigenvalue weighted by Crippen LogP contribution is -2.24. The van der Waals surface area contributed by atoms with E-state index in [0.29, 0.717) is 24.4 Å². The Kier molecular flexibility index (Phi) is 5.48. The van der Waals surface area contributed by atoms with Crippen molar-refractivity contribution < 1.29 is 8.42 Å². The normalized spacial score (nSPS) is 11.1. The number of anilines is 1. The Bertz CT molecular complexity index is 550. The average Bonchev–Trinajstić information content (AvgIpc) is 2.32. The van der Waals surface area contributed by atoms with Crippen LogP contribution in [0.1, 0.15) is 19.3 Å². The summed E-state index contributed by atoms with van der Waals surface area (Å²) >= 11 is 5.73. The van der Waals surface area contributed by atoms with Gasteiger partial charge in [-0.2, -0.15) is 0 Å². The highest BCUT2D eigenvalue weighted by molar-refractivity contribution is 7.89. The number of hydrogen-bond donors (Lipinski definition) is 2. The Morgan fingerprint density at radius 3 is 2.72 bits per heavy atom. The molecular formula is C12H15ClN2O2S. The van der Waals surface area contributed by atoms with Crippen molar-refractivity contribution >= 4 is 27.3 Å². The van der Waals surface area contributed by atoms with Crippen molar-refractivity contribution in [1.29, 1.82) is 0 Å². The average molecular weight is 287 g/mol. The van der Waals surface area contributed by atoms with E-state index >= 15 is 0 Å². The summed E-state index contributed by atoms with van der Waals surface area (Å²) in [6.07, 6.45) is 7.25. The van der Waals surface area contributed by atoms with E-state index in [-0.39, 0.29) is 10.6 Å². The lowest BCUT2D eigenvalue weighted by atomic mass is 10.2. The minimum absolute atomic E-state index is 0.112. The molecule has 0 aliphatic heterocycles. The van der Waals surface area contributed by atoms with Gasteiger partial charge in [-0.1, -0.05) is 11.6 Å². The van der Waals surface area contributed by atoms with Crippen molar-refractivity contribution in [2.75, 3.05) is 12.3 Å². The Morgan fingerprint density at radius 2 is 2.11 bits per heavy atom. The number of nitrogens with two attached hydrogens (primary N) is 1. The zero-order chi connectivity index (χ0) is 13.6. The molecule has 0 aliphatic rings. The number of nitrogen functional groups attached to an aromatic ring is 1. The van der Waals surface area contributed by atoms with Crippen molar-refractivity contribution in [3.05, 3.63) is 23.2 Å². The molecule has 0 aliphatic carbocycles. The molecule has 0 unspecified atom stereocenters. The zero-order valence-electron chi connectivity index (χ0n) is 9.82. The summed E-state index contributed by atoms with van der Waals surface area (Å²) < 4.78 is 26.2. The molecule has 0 heterocycles. The van der Waals surface area contributed by atoms with Crippen LogP contribution in [-0.4, -0.2) is 15.0 Å². The SMILES string of the molecule is C#CCCCCNS(=O)(=O)c1ccc(Cl)c(N)c1. The molecule has 0 atom stereocenters. The van der Waals surface area contributed by atoms with E-state index in [4.69, 9.17) is 23.8 Å². The molecule has 0 bridgehead atoms. The molecule has 0 radical (unpaired) electrons. The van der Waals surface area contributed by atoms with Crippen LogP contribution in [0, 0.1) is 12.3 Å². The highest BCUT2D eigenvalue weighted by Crippen LogP contribution is 2.21. The van der Waals surface area contributed by atoms with Crippen LogP contribution in [0.15, 0.2) is 23.1 Å². The van der Waals surface area contributed by atoms with E-state index in [0.717, 1.165) is 6.42 Å². The number of rotatable bonds is 6. The molecule has 0 amide bonds. The number of sulfonamides is 1. The van der Waals surface area contributed by atoms with E-state index in [1.54, 1.807) is 0 Å². The van der Waals surface area contributed by atoms with Gasteiger partial charge < -0.3 is 5.73 Å². The molecule has 0 spiro atoms. The predicted octanol–water partition coefficient (Wildman–Crippen LogP) is 2.00. The van der Waals surface area contributed by atoms with Gasteiger partial charge in [0.15, 0.2) is 0 Å². The van der Waals surface area contributed by atoms with E-state index in [1.165, 1.54) is 18.2 Å². The third-order valence-electron chi connectivity index (χ3n) is 2.32. The first-order valence-corrected chi connectivity index (χ1v) is 7.31. The van der Waals surface area contributed by atoms with Gasteiger partial charge in [-0.3, -0.25) is 0 Å². The monoisotopic (exact) mass is 286 g/mol. The lowest BCUT2D eigenvalue weighted by Gasteiger charge is -2.07. The second-order valence-electron chi connectivity index (χ2n) is 3.74. The number of halogens is 1. The molecule has 1 aromatic carbocycles. The number of hydrogen-bond acceptors (Lipinski definition) is 3. The van der Waals surface area contributed by atoms with Crippen LogP contribution in [0.25, 0.3) is 0 Å². The van der Waals surface area contributed by atoms with E-state index < -0.39 is 10.0 Å². The Morgan fingerprint density at radius 1 is 1.39 bits per heavy atom. The minimum atomic E-state index is -3.53. The van der Waals surface area contributed by atoms with Crippen molar-refractivity contribution in [2.45, 2.75) is 24.2 Å². The highest BCUT2D eigenvalue weighted by Gasteiger charge is 2.14. The van der Waals surface area contributed by atoms with Crippen LogP contribution < -0.4 is 10.5 Å². The topological polar surface area (TPSA) is 72.2 Å². The standard InChI is InChI=1S/C12H15ClN2O2S/c1-2-3-4-5-8-15-18(16,17)10-6-7-11(13)12(14)9-10/h1,6-7,9,15H,3-5,8,14H2. The predicted molar refractivity (Wildman–Crippen MR) is 73.7 cm³/mol. The molecule has 4 nitrogen and oxygen atoms in total. The fraction of sp³-hybridized carbons (Fsp3) is 0.333. The zero-order valence-corrected chi connectivity index (χ0v) is 11.4. The Balaban J connectivity index is 2.63. The summed E-state index contributed by atoms with van der Waals surface area (Å²) in [5.41, 5.74) is 5.81. The second kappa shape index (κ2) is 6.64. The third kappa shape index (κ3) is 4.22. The van der Waals surface area contributed by atoms with Gasteiger partial charge in [-0.25, -0.2) is 13.1 Å². The summed E-state index contributed by atoms with van der Waals surface area (Å²) in [6.45, 7) is 0.354. The summed E-state index contributed by atoms with van der Waals surface area (Å²) in [7, 11) is -3.53. The van der Waals surface area contributed by atoms with Gasteiger partial charge in [0.05, 0.1) is 15.6 Å². The van der Waals surface area contributed by atoms with Crippen LogP contribution in [0.3, 0.4) is 0 Å². The first kappa shape index (κ1) is 14.8. The number of nitrogens with one attached hydrogen (secondary N) is 1. The van der Waals surface area contributed by atoms with Gasteiger partial charge in [0.1, 0.15) is 0 Å². The maximum Gasteiger partial charge on any atom is 0.240 e. The van der Waals surface area contributed by atoms with Crippen LogP contribution in [-0.2, 0) is 10.0 Å². The van der Waals surface area contributed by atoms with Crippen molar-refractivity contribution in [1.82, 2.24) is 4.72 Å². The van der Waals surface area contributed by atoms with Gasteiger partial charge in [-0.05, 0) is 31.0 Å². The van der Waals surface area contributed by atoms with Gasteiger partial charge in [0.25, 0.3) is 0 Å². The van der Waals surface area contributed by atoms with Gasteiger partial charge in [-0.15, -0.1) is 12.3 Å². The van der Waals surface area contributed by atoms with E-state index in [1.807, 2.05) is 0 Å². The molecule has 1 aromatic rings. The smallest absolute Gasteiger partial charge is 0.240 e. The van der Waals surface area contributed by atoms with E-state index in [9.17, 15) is 8.42 Å². The molecule has 6 heteroatoms. The molecule has 0 saturated heterocycles. The number of terminal acetylenes is 1. The van der Waals surface area contributed by atoms with Crippen LogP contribution in [0.4, 0.5) is 5.69 Å². The van der Waals surface area contributed by atoms with Gasteiger partial charge >= 0.3 is 0 Å². The maximum atomic E-state index is 11.9. The maximum absolute atomic E-state index is 11.9. The van der Waals surface area contributed by atoms with Crippen LogP contribution in [0.5, 0.6) is 0 Å². The molecule has 0 aromatic heterocycles. The molecule has 3 N–H and O–H groups in total. The largest absolute Gasteiger partial charge is 0.397 e. The van der Waals surface area contributed by atoms with Gasteiger partial charge in [0.2, 0.25) is 10.0 Å². The second-order valence-corrected chi connectivity index (χ2v) is 5.92. The Hall–Kier alpha value is -1.22. The molecule has 0 saturated carbocycles. The third-order valence-corrected chi connectivity index (χ3v) is 4.12. The summed E-state index contributed by atoms with van der Waals surface area (Å²) in [5.74, 6) is 2.50. The first-order valence-electron chi connectivity index (χ1n) is 5.45. The van der Waals surface area contributed by atoms with Gasteiger partial charge in [0, 0.05) is 13.0 Å². The fourth-order valence-electron chi connectivity index (χ4n) is 1.33. The van der Waals surface area contributed by atoms with Crippen molar-refractivity contribution in [3.63, 3.8) is 0 Å². The molecule has 98 valence electrons. The molecule has 0 fully saturated rings. The molecular weight excluding hydrogens is 272 g/mol. The summed E-state index contributed by atoms with van der Waals surface area (Å²) in [5, 5.41) is 0.336. The van der Waals surface area contributed by atoms with E-state index in [2.05, 4.69) is 10.6 Å². The highest BCUT2D eigenvalue weighted by atomic mass is 35.5. The Labute approximate surface area is 113 Å². The number of benzene rings is 1. The van der Waals surface area contributed by atoms with Crippen molar-refractivity contribution in [3.8, 4) is 12.3 Å². The molecule has 1 rings (SSSR count). The molecule has 18 heavy (non-hydrogen) atoms. The van der Waals surface area contributed by atoms with Crippen LogP contribution >= 0.6 is 11.6 Å². The number of unbranched alkanes of at least 4 members (excludes halogenated alkanes) is 2. The summed E-state index contributed by atoms with van der Waals surface area (Å²) in [4.78, 5) is 0.112. The quantitative estimate of drug-likeness (QED) is 0.477. The fourth-order valence-corrected chi connectivity index (χ4v) is 2.56. The lowest BCUT2D eigenvalue weighted by molar-refractivity contribution is 0.577. The minimum Gasteiger partial charge on any atom is -0.397 e. The summed E-state index contributed by atoms with van der Waals surface area (Å²) in [6, 6.07) is 4.22. The van der Waals surface area contributed by atoms with Crippen molar-refractivity contribution in [2.24, 2.45) is 0 Å². The van der Waals surface area contributed by atoms with Crippen LogP contribution in [0.2, 0.25) is 5.02 Å².